The molecule has 0 bridgehead atoms. The topological polar surface area (TPSA) is 86.4 Å². The molecule has 0 unspecified atom stereocenters. The number of hydrogen-bond acceptors (Lipinski definition) is 6. The van der Waals surface area contributed by atoms with Gasteiger partial charge >= 0.3 is 6.03 Å². The molecule has 3 heterocycles. The van der Waals surface area contributed by atoms with E-state index in [9.17, 15) is 9.59 Å². The van der Waals surface area contributed by atoms with E-state index in [0.717, 1.165) is 82.6 Å². The number of carbonyl (C=O) groups is 2. The molecular weight excluding hydrogens is 651 g/mol. The molecule has 8 aliphatic rings. The molecule has 52 heavy (non-hydrogen) atoms. The fourth-order valence-corrected chi connectivity index (χ4v) is 14.1. The Morgan fingerprint density at radius 3 is 2.37 bits per heavy atom. The summed E-state index contributed by atoms with van der Waals surface area (Å²) in [6, 6.07) is 0.643. The maximum Gasteiger partial charge on any atom is 0.317 e. The summed E-state index contributed by atoms with van der Waals surface area (Å²) in [5, 5.41) is 6.74. The zero-order chi connectivity index (χ0) is 36.3. The monoisotopic (exact) mass is 724 g/mol. The number of nitrogens with zero attached hydrogens (tertiary/aromatic N) is 3. The third-order valence-corrected chi connectivity index (χ3v) is 17.2. The Morgan fingerprint density at radius 2 is 1.62 bits per heavy atom. The van der Waals surface area contributed by atoms with E-state index >= 15 is 0 Å². The van der Waals surface area contributed by atoms with Gasteiger partial charge in [0, 0.05) is 63.7 Å². The summed E-state index contributed by atoms with van der Waals surface area (Å²) in [6.07, 6.45) is 18.5. The summed E-state index contributed by atoms with van der Waals surface area (Å²) < 4.78 is 13.6. The number of rotatable bonds is 7. The van der Waals surface area contributed by atoms with Gasteiger partial charge < -0.3 is 29.9 Å². The van der Waals surface area contributed by atoms with Crippen LogP contribution in [-0.2, 0) is 14.3 Å². The van der Waals surface area contributed by atoms with Crippen LogP contribution in [0.1, 0.15) is 124 Å². The third kappa shape index (κ3) is 6.86. The van der Waals surface area contributed by atoms with Gasteiger partial charge in [-0.25, -0.2) is 4.79 Å². The molecule has 3 amide bonds. The standard InChI is InChI=1S/C43H73N5O4/c1-29-13-18-43(51-28-29)30(2)39-37(52-43)26-36-34-12-11-31-25-32(14-16-41(31,3)35(34)15-17-42(36,39)4)45-40(50)48(33-9-7-6-8-10-33)20-19-44-38(49)27-47-23-21-46(5)22-24-47/h29-37,39H,6-28H2,1-5H3,(H,44,49)(H,45,50)/t29-,30-,31+,32+,34+,35-,36-,37-,39-,41-,42-,43+/m0/s1. The highest BCUT2D eigenvalue weighted by Crippen LogP contribution is 2.71. The number of ether oxygens (including phenoxy) is 2. The van der Waals surface area contributed by atoms with Crippen molar-refractivity contribution in [3.8, 4) is 0 Å². The summed E-state index contributed by atoms with van der Waals surface area (Å²) in [5.74, 6) is 4.56. The van der Waals surface area contributed by atoms with Crippen molar-refractivity contribution in [2.24, 2.45) is 52.3 Å². The van der Waals surface area contributed by atoms with Gasteiger partial charge in [-0.3, -0.25) is 9.69 Å². The van der Waals surface area contributed by atoms with E-state index in [-0.39, 0.29) is 29.8 Å². The number of hydrogen-bond donors (Lipinski definition) is 2. The molecule has 0 radical (unpaired) electrons. The zero-order valence-electron chi connectivity index (χ0n) is 33.5. The van der Waals surface area contributed by atoms with Crippen LogP contribution in [-0.4, -0.2) is 110 Å². The van der Waals surface area contributed by atoms with Crippen LogP contribution in [0.5, 0.6) is 0 Å². The molecule has 0 aromatic carbocycles. The minimum absolute atomic E-state index is 0.0819. The molecule has 294 valence electrons. The third-order valence-electron chi connectivity index (χ3n) is 17.2. The predicted octanol–water partition coefficient (Wildman–Crippen LogP) is 6.51. The normalized spacial score (nSPS) is 45.4. The Labute approximate surface area is 315 Å². The number of fused-ring (bicyclic) bond motifs is 7. The van der Waals surface area contributed by atoms with Gasteiger partial charge in [0.1, 0.15) is 0 Å². The molecule has 8 rings (SSSR count). The van der Waals surface area contributed by atoms with Crippen LogP contribution < -0.4 is 10.6 Å². The highest BCUT2D eigenvalue weighted by molar-refractivity contribution is 5.78. The Hall–Kier alpha value is -1.42. The lowest BCUT2D eigenvalue weighted by Gasteiger charge is -2.61. The Morgan fingerprint density at radius 1 is 0.846 bits per heavy atom. The zero-order valence-corrected chi connectivity index (χ0v) is 33.5. The first kappa shape index (κ1) is 37.5. The maximum absolute atomic E-state index is 14.1. The van der Waals surface area contributed by atoms with Gasteiger partial charge in [-0.1, -0.05) is 47.0 Å². The van der Waals surface area contributed by atoms with Crippen LogP contribution >= 0.6 is 0 Å². The molecule has 3 aliphatic heterocycles. The fraction of sp³-hybridized carbons (Fsp3) is 0.953. The summed E-state index contributed by atoms with van der Waals surface area (Å²) >= 11 is 0. The molecule has 2 N–H and O–H groups in total. The van der Waals surface area contributed by atoms with E-state index in [2.05, 4.69) is 60.1 Å². The summed E-state index contributed by atoms with van der Waals surface area (Å²) in [6.45, 7) is 16.4. The smallest absolute Gasteiger partial charge is 0.317 e. The molecule has 12 atom stereocenters. The van der Waals surface area contributed by atoms with Crippen LogP contribution in [0.2, 0.25) is 0 Å². The molecule has 9 heteroatoms. The molecule has 5 saturated carbocycles. The van der Waals surface area contributed by atoms with Crippen LogP contribution in [0.4, 0.5) is 4.79 Å². The molecule has 8 fully saturated rings. The van der Waals surface area contributed by atoms with E-state index in [1.54, 1.807) is 0 Å². The van der Waals surface area contributed by atoms with Crippen molar-refractivity contribution in [2.45, 2.75) is 148 Å². The Bertz CT molecular complexity index is 1280. The first-order chi connectivity index (χ1) is 25.0. The number of nitrogens with one attached hydrogen (secondary N) is 2. The summed E-state index contributed by atoms with van der Waals surface area (Å²) in [4.78, 5) is 33.6. The van der Waals surface area contributed by atoms with Gasteiger partial charge in [0.15, 0.2) is 5.79 Å². The number of amides is 3. The second-order valence-electron chi connectivity index (χ2n) is 20.0. The lowest BCUT2D eigenvalue weighted by molar-refractivity contribution is -0.273. The van der Waals surface area contributed by atoms with Gasteiger partial charge in [0.2, 0.25) is 5.91 Å². The average molecular weight is 724 g/mol. The van der Waals surface area contributed by atoms with Crippen molar-refractivity contribution < 1.29 is 19.1 Å². The molecule has 0 aromatic rings. The first-order valence-corrected chi connectivity index (χ1v) is 22.1. The highest BCUT2D eigenvalue weighted by Gasteiger charge is 2.69. The van der Waals surface area contributed by atoms with E-state index in [1.807, 2.05) is 0 Å². The SMILES string of the molecule is C[C@H]1CC[C@@]2(OC1)O[C@H]1C[C@H]3[C@@H]4CC[C@@H]5C[C@H](NC(=O)N(CCNC(=O)CN6CCN(C)CC6)C6CCCCC6)CC[C@]5(C)[C@H]4CC[C@]3(C)[C@H]1[C@@H]2C. The second-order valence-corrected chi connectivity index (χ2v) is 20.0. The van der Waals surface area contributed by atoms with Crippen LogP contribution in [0.15, 0.2) is 0 Å². The van der Waals surface area contributed by atoms with Crippen molar-refractivity contribution in [2.75, 3.05) is 59.5 Å². The first-order valence-electron chi connectivity index (χ1n) is 22.1. The van der Waals surface area contributed by atoms with Gasteiger partial charge in [0.05, 0.1) is 19.3 Å². The van der Waals surface area contributed by atoms with E-state index in [1.165, 1.54) is 64.2 Å². The lowest BCUT2D eigenvalue weighted by Crippen LogP contribution is -2.57. The number of likely N-dealkylation sites (N-methyl/N-ethyl adjacent to an activating group) is 1. The number of carbonyl (C=O) groups excluding carboxylic acids is 2. The fourth-order valence-electron chi connectivity index (χ4n) is 14.1. The van der Waals surface area contributed by atoms with Crippen molar-refractivity contribution >= 4 is 11.9 Å². The second kappa shape index (κ2) is 14.9. The summed E-state index contributed by atoms with van der Waals surface area (Å²) in [7, 11) is 2.14. The van der Waals surface area contributed by atoms with E-state index in [4.69, 9.17) is 9.47 Å². The molecule has 5 aliphatic carbocycles. The van der Waals surface area contributed by atoms with Crippen molar-refractivity contribution in [3.63, 3.8) is 0 Å². The van der Waals surface area contributed by atoms with Crippen molar-refractivity contribution in [1.82, 2.24) is 25.3 Å². The quantitative estimate of drug-likeness (QED) is 0.312. The lowest BCUT2D eigenvalue weighted by atomic mass is 9.44. The largest absolute Gasteiger partial charge is 0.353 e. The Balaban J connectivity index is 0.864. The maximum atomic E-state index is 14.1. The number of piperazine rings is 1. The molecule has 0 aromatic heterocycles. The Kier molecular flexibility index (Phi) is 10.8. The van der Waals surface area contributed by atoms with Crippen molar-refractivity contribution in [3.05, 3.63) is 0 Å². The van der Waals surface area contributed by atoms with Crippen LogP contribution in [0.3, 0.4) is 0 Å². The molecule has 1 spiro atoms. The molecular formula is C43H73N5O4. The van der Waals surface area contributed by atoms with Gasteiger partial charge in [0.25, 0.3) is 0 Å². The molecule has 9 nitrogen and oxygen atoms in total. The summed E-state index contributed by atoms with van der Waals surface area (Å²) in [5.41, 5.74) is 0.735. The van der Waals surface area contributed by atoms with Gasteiger partial charge in [-0.2, -0.15) is 0 Å². The van der Waals surface area contributed by atoms with Crippen LogP contribution in [0, 0.1) is 52.3 Å². The minimum atomic E-state index is -0.329. The molecule has 3 saturated heterocycles. The van der Waals surface area contributed by atoms with E-state index in [0.29, 0.717) is 60.2 Å². The minimum Gasteiger partial charge on any atom is -0.353 e. The highest BCUT2D eigenvalue weighted by atomic mass is 16.7. The predicted molar refractivity (Wildman–Crippen MR) is 205 cm³/mol. The van der Waals surface area contributed by atoms with Crippen LogP contribution in [0.25, 0.3) is 0 Å². The van der Waals surface area contributed by atoms with Gasteiger partial charge in [-0.05, 0) is 124 Å². The number of urea groups is 1. The van der Waals surface area contributed by atoms with Crippen molar-refractivity contribution in [1.29, 1.82) is 0 Å². The van der Waals surface area contributed by atoms with E-state index < -0.39 is 0 Å². The average Bonchev–Trinajstić information content (AvgIpc) is 3.58. The van der Waals surface area contributed by atoms with Gasteiger partial charge in [-0.15, -0.1) is 0 Å².